The van der Waals surface area contributed by atoms with E-state index in [9.17, 15) is 9.59 Å². The molecule has 52 valence electrons. The molecule has 1 N–H and O–H groups in total. The highest BCUT2D eigenvalue weighted by Gasteiger charge is 2.02. The van der Waals surface area contributed by atoms with Gasteiger partial charge in [-0.3, -0.25) is 10.1 Å². The molecule has 0 aliphatic carbocycles. The van der Waals surface area contributed by atoms with Crippen LogP contribution in [0.5, 0.6) is 0 Å². The fourth-order valence-corrected chi connectivity index (χ4v) is 0.253. The molecule has 2 amide bonds. The molecule has 9 heavy (non-hydrogen) atoms. The zero-order valence-electron chi connectivity index (χ0n) is 5.43. The Morgan fingerprint density at radius 3 is 2.44 bits per heavy atom. The molecule has 0 aromatic heterocycles. The van der Waals surface area contributed by atoms with Gasteiger partial charge in [0.1, 0.15) is 0 Å². The molecule has 0 aliphatic heterocycles. The Balaban J connectivity index is 3.47. The zero-order chi connectivity index (χ0) is 7.28. The van der Waals surface area contributed by atoms with Crippen LogP contribution in [0.3, 0.4) is 0 Å². The molecular formula is C5H9NO3. The Labute approximate surface area is 53.2 Å². The number of imide groups is 1. The third-order valence-electron chi connectivity index (χ3n) is 0.748. The summed E-state index contributed by atoms with van der Waals surface area (Å²) in [6.45, 7) is 1.65. The SMILES string of the molecule is CCC(=O)NC(=O)OC. The van der Waals surface area contributed by atoms with E-state index in [-0.39, 0.29) is 12.3 Å². The standard InChI is InChI=1S/C5H9NO3/c1-3-4(7)6-5(8)9-2/h3H2,1-2H3,(H,6,7,8). The van der Waals surface area contributed by atoms with E-state index >= 15 is 0 Å². The number of carbonyl (C=O) groups excluding carboxylic acids is 2. The maximum atomic E-state index is 10.4. The summed E-state index contributed by atoms with van der Waals surface area (Å²) in [5.74, 6) is -0.332. The molecule has 0 unspecified atom stereocenters. The normalized spacial score (nSPS) is 8.22. The van der Waals surface area contributed by atoms with Gasteiger partial charge in [0.2, 0.25) is 5.91 Å². The van der Waals surface area contributed by atoms with E-state index in [4.69, 9.17) is 0 Å². The molecule has 0 spiro atoms. The summed E-state index contributed by atoms with van der Waals surface area (Å²) in [6.07, 6.45) is -0.420. The molecule has 0 aromatic rings. The number of rotatable bonds is 1. The summed E-state index contributed by atoms with van der Waals surface area (Å²) >= 11 is 0. The second kappa shape index (κ2) is 3.88. The van der Waals surface area contributed by atoms with Gasteiger partial charge in [0, 0.05) is 6.42 Å². The number of alkyl carbamates (subject to hydrolysis) is 1. The maximum Gasteiger partial charge on any atom is 0.413 e. The molecule has 0 atom stereocenters. The van der Waals surface area contributed by atoms with E-state index in [0.29, 0.717) is 0 Å². The first-order valence-electron chi connectivity index (χ1n) is 2.58. The number of methoxy groups -OCH3 is 1. The van der Waals surface area contributed by atoms with Crippen LogP contribution in [0.4, 0.5) is 4.79 Å². The molecule has 0 bridgehead atoms. The largest absolute Gasteiger partial charge is 0.453 e. The highest BCUT2D eigenvalue weighted by Crippen LogP contribution is 1.76. The Morgan fingerprint density at radius 2 is 2.11 bits per heavy atom. The molecule has 0 aromatic carbocycles. The number of nitrogens with one attached hydrogen (secondary N) is 1. The van der Waals surface area contributed by atoms with Crippen LogP contribution < -0.4 is 5.32 Å². The fourth-order valence-electron chi connectivity index (χ4n) is 0.253. The molecule has 0 heterocycles. The van der Waals surface area contributed by atoms with Crippen molar-refractivity contribution in [3.63, 3.8) is 0 Å². The summed E-state index contributed by atoms with van der Waals surface area (Å²) in [6, 6.07) is 0. The van der Waals surface area contributed by atoms with Crippen LogP contribution in [0.2, 0.25) is 0 Å². The fraction of sp³-hybridized carbons (Fsp3) is 0.600. The van der Waals surface area contributed by atoms with E-state index in [1.165, 1.54) is 7.11 Å². The van der Waals surface area contributed by atoms with Crippen molar-refractivity contribution in [2.45, 2.75) is 13.3 Å². The molecule has 0 radical (unpaired) electrons. The van der Waals surface area contributed by atoms with Gasteiger partial charge in [-0.15, -0.1) is 0 Å². The van der Waals surface area contributed by atoms with E-state index in [1.54, 1.807) is 6.92 Å². The highest BCUT2D eigenvalue weighted by molar-refractivity contribution is 5.91. The van der Waals surface area contributed by atoms with Crippen LogP contribution in [0, 0.1) is 0 Å². The van der Waals surface area contributed by atoms with Crippen LogP contribution >= 0.6 is 0 Å². The van der Waals surface area contributed by atoms with Crippen molar-refractivity contribution in [3.05, 3.63) is 0 Å². The monoisotopic (exact) mass is 131 g/mol. The molecule has 0 fully saturated rings. The van der Waals surface area contributed by atoms with Gasteiger partial charge in [0.25, 0.3) is 0 Å². The van der Waals surface area contributed by atoms with Gasteiger partial charge >= 0.3 is 6.09 Å². The Bertz CT molecular complexity index is 107. The van der Waals surface area contributed by atoms with Gasteiger partial charge in [0.15, 0.2) is 0 Å². The lowest BCUT2D eigenvalue weighted by Crippen LogP contribution is -2.29. The van der Waals surface area contributed by atoms with Crippen LogP contribution in [-0.2, 0) is 9.53 Å². The van der Waals surface area contributed by atoms with E-state index < -0.39 is 6.09 Å². The topological polar surface area (TPSA) is 55.4 Å². The second-order valence-electron chi connectivity index (χ2n) is 1.39. The van der Waals surface area contributed by atoms with Gasteiger partial charge in [-0.1, -0.05) is 6.92 Å². The Hall–Kier alpha value is -1.06. The number of ether oxygens (including phenoxy) is 1. The van der Waals surface area contributed by atoms with E-state index in [2.05, 4.69) is 4.74 Å². The molecule has 0 rings (SSSR count). The molecule has 4 heteroatoms. The van der Waals surface area contributed by atoms with E-state index in [0.717, 1.165) is 0 Å². The number of hydrogen-bond donors (Lipinski definition) is 1. The summed E-state index contributed by atoms with van der Waals surface area (Å²) in [5, 5.41) is 1.98. The van der Waals surface area contributed by atoms with Crippen molar-refractivity contribution in [1.29, 1.82) is 0 Å². The Morgan fingerprint density at radius 1 is 1.56 bits per heavy atom. The smallest absolute Gasteiger partial charge is 0.413 e. The molecule has 0 saturated heterocycles. The van der Waals surface area contributed by atoms with Gasteiger partial charge in [-0.2, -0.15) is 0 Å². The van der Waals surface area contributed by atoms with Crippen LogP contribution in [-0.4, -0.2) is 19.1 Å². The van der Waals surface area contributed by atoms with Crippen LogP contribution in [0.25, 0.3) is 0 Å². The Kier molecular flexibility index (Phi) is 3.43. The lowest BCUT2D eigenvalue weighted by Gasteiger charge is -1.97. The number of hydrogen-bond acceptors (Lipinski definition) is 3. The van der Waals surface area contributed by atoms with Crippen molar-refractivity contribution in [3.8, 4) is 0 Å². The highest BCUT2D eigenvalue weighted by atomic mass is 16.5. The van der Waals surface area contributed by atoms with Crippen molar-refractivity contribution in [2.75, 3.05) is 7.11 Å². The van der Waals surface area contributed by atoms with Gasteiger partial charge in [0.05, 0.1) is 7.11 Å². The summed E-state index contributed by atoms with van der Waals surface area (Å²) < 4.78 is 4.15. The van der Waals surface area contributed by atoms with Crippen LogP contribution in [0.15, 0.2) is 0 Å². The minimum atomic E-state index is -0.707. The predicted octanol–water partition coefficient (Wildman–Crippen LogP) is 0.279. The lowest BCUT2D eigenvalue weighted by atomic mass is 10.5. The van der Waals surface area contributed by atoms with Crippen molar-refractivity contribution < 1.29 is 14.3 Å². The second-order valence-corrected chi connectivity index (χ2v) is 1.39. The molecule has 4 nitrogen and oxygen atoms in total. The molecule has 0 aliphatic rings. The first-order chi connectivity index (χ1) is 4.20. The third-order valence-corrected chi connectivity index (χ3v) is 0.748. The zero-order valence-corrected chi connectivity index (χ0v) is 5.43. The lowest BCUT2D eigenvalue weighted by molar-refractivity contribution is -0.120. The predicted molar refractivity (Wildman–Crippen MR) is 30.8 cm³/mol. The summed E-state index contributed by atoms with van der Waals surface area (Å²) in [4.78, 5) is 20.6. The molecule has 0 saturated carbocycles. The first-order valence-corrected chi connectivity index (χ1v) is 2.58. The minimum Gasteiger partial charge on any atom is -0.453 e. The van der Waals surface area contributed by atoms with Gasteiger partial charge in [-0.05, 0) is 0 Å². The average molecular weight is 131 g/mol. The minimum absolute atomic E-state index is 0.287. The van der Waals surface area contributed by atoms with Crippen molar-refractivity contribution in [2.24, 2.45) is 0 Å². The van der Waals surface area contributed by atoms with Crippen LogP contribution in [0.1, 0.15) is 13.3 Å². The summed E-state index contributed by atoms with van der Waals surface area (Å²) in [7, 11) is 1.21. The van der Waals surface area contributed by atoms with E-state index in [1.807, 2.05) is 5.32 Å². The van der Waals surface area contributed by atoms with Gasteiger partial charge < -0.3 is 4.74 Å². The third kappa shape index (κ3) is 3.52. The quantitative estimate of drug-likeness (QED) is 0.556. The average Bonchev–Trinajstić information content (AvgIpc) is 1.87. The maximum absolute atomic E-state index is 10.4. The number of amides is 2. The van der Waals surface area contributed by atoms with Crippen molar-refractivity contribution >= 4 is 12.0 Å². The van der Waals surface area contributed by atoms with Gasteiger partial charge in [-0.25, -0.2) is 4.79 Å². The number of carbonyl (C=O) groups is 2. The molecular weight excluding hydrogens is 122 g/mol. The van der Waals surface area contributed by atoms with Crippen molar-refractivity contribution in [1.82, 2.24) is 5.32 Å². The first kappa shape index (κ1) is 7.94. The summed E-state index contributed by atoms with van der Waals surface area (Å²) in [5.41, 5.74) is 0.